The third-order valence-corrected chi connectivity index (χ3v) is 3.94. The number of hydrogen-bond donors (Lipinski definition) is 3. The molecule has 3 rings (SSSR count). The van der Waals surface area contributed by atoms with Gasteiger partial charge in [0.2, 0.25) is 0 Å². The summed E-state index contributed by atoms with van der Waals surface area (Å²) in [6, 6.07) is 10.2. The maximum absolute atomic E-state index is 5.07. The molecule has 0 bridgehead atoms. The molecule has 0 amide bonds. The first-order chi connectivity index (χ1) is 10.2. The Bertz CT molecular complexity index is 704. The molecule has 1 aliphatic heterocycles. The van der Waals surface area contributed by atoms with Crippen molar-refractivity contribution >= 4 is 46.7 Å². The summed E-state index contributed by atoms with van der Waals surface area (Å²) in [6.07, 6.45) is 4.22. The predicted molar refractivity (Wildman–Crippen MR) is 93.2 cm³/mol. The van der Waals surface area contributed by atoms with Gasteiger partial charge >= 0.3 is 0 Å². The van der Waals surface area contributed by atoms with Gasteiger partial charge in [0.05, 0.1) is 5.70 Å². The molecule has 4 nitrogen and oxygen atoms in total. The third-order valence-electron chi connectivity index (χ3n) is 2.91. The van der Waals surface area contributed by atoms with Crippen LogP contribution < -0.4 is 10.6 Å². The lowest BCUT2D eigenvalue weighted by molar-refractivity contribution is 1.06. The molecular formula is C15H14N4S2. The van der Waals surface area contributed by atoms with Crippen LogP contribution in [0.2, 0.25) is 0 Å². The number of aromatic nitrogens is 2. The quantitative estimate of drug-likeness (QED) is 0.596. The summed E-state index contributed by atoms with van der Waals surface area (Å²) in [7, 11) is 0. The van der Waals surface area contributed by atoms with Crippen LogP contribution in [0, 0.1) is 0 Å². The van der Waals surface area contributed by atoms with Gasteiger partial charge in [-0.05, 0) is 17.8 Å². The normalized spacial score (nSPS) is 13.9. The number of nitrogens with one attached hydrogen (secondary N) is 3. The molecule has 1 aromatic carbocycles. The van der Waals surface area contributed by atoms with Crippen LogP contribution in [0.5, 0.6) is 0 Å². The second-order valence-corrected chi connectivity index (χ2v) is 5.86. The maximum atomic E-state index is 5.07. The third kappa shape index (κ3) is 3.34. The molecule has 0 aliphatic carbocycles. The minimum atomic E-state index is 0.527. The SMILES string of the molecule is C=C1NC(=S)Nc2nc(SC/C=C/c3ccccc3)[nH]c21. The van der Waals surface area contributed by atoms with Crippen molar-refractivity contribution in [3.05, 3.63) is 54.2 Å². The van der Waals surface area contributed by atoms with E-state index in [0.29, 0.717) is 5.11 Å². The monoisotopic (exact) mass is 314 g/mol. The van der Waals surface area contributed by atoms with Crippen LogP contribution in [-0.4, -0.2) is 20.8 Å². The smallest absolute Gasteiger partial charge is 0.176 e. The molecule has 2 aromatic rings. The zero-order valence-corrected chi connectivity index (χ0v) is 12.9. The zero-order valence-electron chi connectivity index (χ0n) is 11.2. The molecule has 0 saturated heterocycles. The number of anilines is 1. The molecular weight excluding hydrogens is 300 g/mol. The molecule has 0 fully saturated rings. The zero-order chi connectivity index (χ0) is 14.7. The minimum Gasteiger partial charge on any atom is -0.331 e. The van der Waals surface area contributed by atoms with Crippen molar-refractivity contribution in [1.82, 2.24) is 15.3 Å². The van der Waals surface area contributed by atoms with Gasteiger partial charge in [0.25, 0.3) is 0 Å². The predicted octanol–water partition coefficient (Wildman–Crippen LogP) is 3.49. The minimum absolute atomic E-state index is 0.527. The van der Waals surface area contributed by atoms with E-state index in [2.05, 4.69) is 51.5 Å². The van der Waals surface area contributed by atoms with Crippen LogP contribution in [0.1, 0.15) is 11.3 Å². The largest absolute Gasteiger partial charge is 0.331 e. The highest BCUT2D eigenvalue weighted by Gasteiger charge is 2.19. The van der Waals surface area contributed by atoms with Gasteiger partial charge < -0.3 is 15.6 Å². The van der Waals surface area contributed by atoms with Gasteiger partial charge in [-0.1, -0.05) is 60.8 Å². The van der Waals surface area contributed by atoms with Crippen LogP contribution in [0.3, 0.4) is 0 Å². The number of thiocarbonyl (C=S) groups is 1. The molecule has 0 radical (unpaired) electrons. The van der Waals surface area contributed by atoms with Crippen molar-refractivity contribution in [2.24, 2.45) is 0 Å². The van der Waals surface area contributed by atoms with E-state index in [-0.39, 0.29) is 0 Å². The molecule has 21 heavy (non-hydrogen) atoms. The van der Waals surface area contributed by atoms with Gasteiger partial charge in [0, 0.05) is 5.75 Å². The van der Waals surface area contributed by atoms with Crippen molar-refractivity contribution in [2.45, 2.75) is 5.16 Å². The van der Waals surface area contributed by atoms with Crippen LogP contribution in [-0.2, 0) is 0 Å². The van der Waals surface area contributed by atoms with Crippen molar-refractivity contribution in [2.75, 3.05) is 11.1 Å². The topological polar surface area (TPSA) is 52.7 Å². The van der Waals surface area contributed by atoms with E-state index in [1.165, 1.54) is 5.56 Å². The summed E-state index contributed by atoms with van der Waals surface area (Å²) >= 11 is 6.70. The van der Waals surface area contributed by atoms with Crippen LogP contribution >= 0.6 is 24.0 Å². The fraction of sp³-hybridized carbons (Fsp3) is 0.0667. The average Bonchev–Trinajstić information content (AvgIpc) is 2.88. The van der Waals surface area contributed by atoms with E-state index in [0.717, 1.165) is 28.1 Å². The summed E-state index contributed by atoms with van der Waals surface area (Å²) in [5.41, 5.74) is 2.80. The molecule has 106 valence electrons. The highest BCUT2D eigenvalue weighted by molar-refractivity contribution is 7.99. The number of aromatic amines is 1. The first-order valence-electron chi connectivity index (χ1n) is 6.44. The summed E-state index contributed by atoms with van der Waals surface area (Å²) in [5.74, 6) is 1.57. The van der Waals surface area contributed by atoms with E-state index in [4.69, 9.17) is 12.2 Å². The molecule has 6 heteroatoms. The van der Waals surface area contributed by atoms with Crippen molar-refractivity contribution < 1.29 is 0 Å². The molecule has 0 saturated carbocycles. The van der Waals surface area contributed by atoms with Crippen LogP contribution in [0.15, 0.2) is 48.1 Å². The van der Waals surface area contributed by atoms with E-state index < -0.39 is 0 Å². The number of fused-ring (bicyclic) bond motifs is 1. The Morgan fingerprint density at radius 2 is 2.05 bits per heavy atom. The second-order valence-electron chi connectivity index (χ2n) is 4.45. The lowest BCUT2D eigenvalue weighted by Gasteiger charge is -2.17. The molecule has 1 aliphatic rings. The van der Waals surface area contributed by atoms with E-state index >= 15 is 0 Å². The maximum Gasteiger partial charge on any atom is 0.176 e. The fourth-order valence-corrected chi connectivity index (χ4v) is 2.84. The number of imidazole rings is 1. The number of hydrogen-bond acceptors (Lipinski definition) is 3. The number of H-pyrrole nitrogens is 1. The molecule has 0 unspecified atom stereocenters. The van der Waals surface area contributed by atoms with Gasteiger partial charge in [-0.3, -0.25) is 0 Å². The average molecular weight is 314 g/mol. The molecule has 2 heterocycles. The number of nitrogens with zero attached hydrogens (tertiary/aromatic N) is 1. The summed E-state index contributed by atoms with van der Waals surface area (Å²) < 4.78 is 0. The molecule has 0 spiro atoms. The summed E-state index contributed by atoms with van der Waals surface area (Å²) in [4.78, 5) is 7.71. The van der Waals surface area contributed by atoms with Crippen LogP contribution in [0.25, 0.3) is 11.8 Å². The summed E-state index contributed by atoms with van der Waals surface area (Å²) in [6.45, 7) is 3.92. The fourth-order valence-electron chi connectivity index (χ4n) is 1.94. The Kier molecular flexibility index (Phi) is 4.08. The Labute approximate surface area is 132 Å². The first kappa shape index (κ1) is 13.9. The number of thioether (sulfide) groups is 1. The standard InChI is InChI=1S/C15H14N4S2/c1-10-12-13(18-14(20)16-10)19-15(17-12)21-9-5-8-11-6-3-2-4-7-11/h2-8H,1,9H2,(H,17,19)(H2,16,18,20)/b8-5+. The lowest BCUT2D eigenvalue weighted by Crippen LogP contribution is -2.31. The van der Waals surface area contributed by atoms with Crippen LogP contribution in [0.4, 0.5) is 5.82 Å². The van der Waals surface area contributed by atoms with Gasteiger partial charge in [-0.25, -0.2) is 4.98 Å². The van der Waals surface area contributed by atoms with E-state index in [1.807, 2.05) is 18.2 Å². The highest BCUT2D eigenvalue weighted by Crippen LogP contribution is 2.26. The number of benzene rings is 1. The Morgan fingerprint density at radius 3 is 2.86 bits per heavy atom. The Hall–Kier alpha value is -2.05. The molecule has 1 aromatic heterocycles. The van der Waals surface area contributed by atoms with Crippen molar-refractivity contribution in [3.63, 3.8) is 0 Å². The molecule has 3 N–H and O–H groups in total. The summed E-state index contributed by atoms with van der Waals surface area (Å²) in [5, 5.41) is 7.35. The van der Waals surface area contributed by atoms with Crippen molar-refractivity contribution in [3.8, 4) is 0 Å². The molecule has 0 atom stereocenters. The van der Waals surface area contributed by atoms with Crippen molar-refractivity contribution in [1.29, 1.82) is 0 Å². The van der Waals surface area contributed by atoms with Gasteiger partial charge in [-0.15, -0.1) is 0 Å². The second kappa shape index (κ2) is 6.15. The highest BCUT2D eigenvalue weighted by atomic mass is 32.2. The van der Waals surface area contributed by atoms with Gasteiger partial charge in [-0.2, -0.15) is 0 Å². The van der Waals surface area contributed by atoms with Gasteiger partial charge in [0.1, 0.15) is 5.69 Å². The lowest BCUT2D eigenvalue weighted by atomic mass is 10.2. The van der Waals surface area contributed by atoms with E-state index in [9.17, 15) is 0 Å². The van der Waals surface area contributed by atoms with E-state index in [1.54, 1.807) is 11.8 Å². The van der Waals surface area contributed by atoms with Gasteiger partial charge in [0.15, 0.2) is 16.1 Å². The Balaban J connectivity index is 1.62. The first-order valence-corrected chi connectivity index (χ1v) is 7.83. The Morgan fingerprint density at radius 1 is 1.24 bits per heavy atom. The number of rotatable bonds is 4.